The van der Waals surface area contributed by atoms with Crippen molar-refractivity contribution in [3.05, 3.63) is 12.8 Å². The van der Waals surface area contributed by atoms with Crippen molar-refractivity contribution in [1.29, 1.82) is 0 Å². The van der Waals surface area contributed by atoms with Crippen LogP contribution in [0.3, 0.4) is 0 Å². The summed E-state index contributed by atoms with van der Waals surface area (Å²) in [5, 5.41) is 8.49. The Morgan fingerprint density at radius 1 is 0.857 bits per heavy atom. The maximum absolute atomic E-state index is 10.3. The molecule has 0 heterocycles. The number of carbonyl (C=O) groups is 1. The summed E-state index contributed by atoms with van der Waals surface area (Å²) in [7, 11) is 0. The van der Waals surface area contributed by atoms with Crippen LogP contribution in [0.25, 0.3) is 0 Å². The van der Waals surface area contributed by atoms with Crippen LogP contribution in [0, 0.1) is 0 Å². The smallest absolute Gasteiger partial charge is 0.303 e. The molecule has 0 bridgehead atoms. The van der Waals surface area contributed by atoms with Crippen molar-refractivity contribution in [2.75, 3.05) is 0 Å². The summed E-state index contributed by atoms with van der Waals surface area (Å²) in [4.78, 5) is 10.3. The van der Waals surface area contributed by atoms with Gasteiger partial charge in [-0.15, -0.1) is 0 Å². The van der Waals surface area contributed by atoms with E-state index in [1.807, 2.05) is 0 Å². The van der Waals surface area contributed by atoms with Gasteiger partial charge in [0.2, 0.25) is 0 Å². The first-order chi connectivity index (χ1) is 10.2. The minimum atomic E-state index is -0.655. The second kappa shape index (κ2) is 21.3. The minimum absolute atomic E-state index is 0.345. The van der Waals surface area contributed by atoms with Gasteiger partial charge >= 0.3 is 5.97 Å². The molecule has 0 radical (unpaired) electrons. The molecule has 0 atom stereocenters. The molecule has 0 saturated heterocycles. The monoisotopic (exact) mass is 299 g/mol. The third-order valence-corrected chi connectivity index (χ3v) is 3.49. The highest BCUT2D eigenvalue weighted by Crippen LogP contribution is 2.12. The van der Waals surface area contributed by atoms with Crippen molar-refractivity contribution in [3.8, 4) is 0 Å². The second-order valence-electron chi connectivity index (χ2n) is 5.62. The molecule has 0 aromatic rings. The van der Waals surface area contributed by atoms with Crippen LogP contribution in [0.15, 0.2) is 12.8 Å². The molecule has 0 aliphatic carbocycles. The molecule has 0 unspecified atom stereocenters. The number of unbranched alkanes of at least 4 members (excludes halogenated alkanes) is 12. The molecule has 0 saturated carbocycles. The summed E-state index contributed by atoms with van der Waals surface area (Å²) in [6.45, 7) is 5.40. The quantitative estimate of drug-likeness (QED) is 0.408. The van der Waals surface area contributed by atoms with Gasteiger partial charge in [-0.05, 0) is 12.6 Å². The first-order valence-corrected chi connectivity index (χ1v) is 8.73. The Morgan fingerprint density at radius 2 is 1.14 bits per heavy atom. The third kappa shape index (κ3) is 28.0. The standard InChI is InChI=1S/C16H32O2.C2H5N/c1-2-3-4-5-6-7-8-9-10-11-12-13-14-15-16(17)18;1-2-3/h2-15H2,1H3,(H,17,18);2H,1,3H2. The molecule has 0 aromatic heterocycles. The Balaban J connectivity index is 0. The largest absolute Gasteiger partial charge is 0.481 e. The summed E-state index contributed by atoms with van der Waals surface area (Å²) >= 11 is 0. The van der Waals surface area contributed by atoms with Gasteiger partial charge in [-0.25, -0.2) is 0 Å². The summed E-state index contributed by atoms with van der Waals surface area (Å²) in [5.41, 5.74) is 4.61. The van der Waals surface area contributed by atoms with E-state index >= 15 is 0 Å². The lowest BCUT2D eigenvalue weighted by molar-refractivity contribution is -0.137. The van der Waals surface area contributed by atoms with Crippen molar-refractivity contribution < 1.29 is 9.90 Å². The third-order valence-electron chi connectivity index (χ3n) is 3.49. The van der Waals surface area contributed by atoms with Gasteiger partial charge in [-0.3, -0.25) is 4.79 Å². The van der Waals surface area contributed by atoms with Crippen LogP contribution in [0.5, 0.6) is 0 Å². The highest BCUT2D eigenvalue weighted by atomic mass is 16.4. The first kappa shape index (κ1) is 22.3. The van der Waals surface area contributed by atoms with Crippen molar-refractivity contribution >= 4 is 5.97 Å². The zero-order chi connectivity index (χ0) is 16.2. The number of hydrogen-bond acceptors (Lipinski definition) is 2. The molecule has 0 spiro atoms. The van der Waals surface area contributed by atoms with E-state index in [0.29, 0.717) is 6.42 Å². The lowest BCUT2D eigenvalue weighted by Gasteiger charge is -2.02. The van der Waals surface area contributed by atoms with Gasteiger partial charge in [-0.2, -0.15) is 0 Å². The fourth-order valence-corrected chi connectivity index (χ4v) is 2.29. The zero-order valence-corrected chi connectivity index (χ0v) is 14.1. The number of carboxylic acids is 1. The van der Waals surface area contributed by atoms with E-state index in [-0.39, 0.29) is 0 Å². The van der Waals surface area contributed by atoms with Gasteiger partial charge in [0.1, 0.15) is 0 Å². The van der Waals surface area contributed by atoms with Gasteiger partial charge in [0.15, 0.2) is 0 Å². The van der Waals surface area contributed by atoms with Crippen molar-refractivity contribution in [2.24, 2.45) is 5.73 Å². The second-order valence-corrected chi connectivity index (χ2v) is 5.62. The van der Waals surface area contributed by atoms with E-state index < -0.39 is 5.97 Å². The molecule has 126 valence electrons. The molecule has 0 amide bonds. The molecule has 0 aliphatic heterocycles. The average Bonchev–Trinajstić information content (AvgIpc) is 2.44. The molecule has 0 rings (SSSR count). The predicted molar refractivity (Wildman–Crippen MR) is 92.3 cm³/mol. The van der Waals surface area contributed by atoms with E-state index in [1.165, 1.54) is 76.8 Å². The Labute approximate surface area is 132 Å². The van der Waals surface area contributed by atoms with Crippen LogP contribution in [0.4, 0.5) is 0 Å². The van der Waals surface area contributed by atoms with E-state index in [1.54, 1.807) is 0 Å². The molecule has 0 aromatic carbocycles. The number of aliphatic carboxylic acids is 1. The maximum atomic E-state index is 10.3. The van der Waals surface area contributed by atoms with Crippen molar-refractivity contribution in [2.45, 2.75) is 96.8 Å². The van der Waals surface area contributed by atoms with E-state index in [2.05, 4.69) is 19.2 Å². The molecular weight excluding hydrogens is 262 g/mol. The summed E-state index contributed by atoms with van der Waals surface area (Å²) in [5.74, 6) is -0.655. The van der Waals surface area contributed by atoms with Crippen LogP contribution in [-0.4, -0.2) is 11.1 Å². The van der Waals surface area contributed by atoms with Crippen LogP contribution in [0.2, 0.25) is 0 Å². The van der Waals surface area contributed by atoms with Crippen LogP contribution in [-0.2, 0) is 4.79 Å². The van der Waals surface area contributed by atoms with Gasteiger partial charge in [0.25, 0.3) is 0 Å². The van der Waals surface area contributed by atoms with Crippen molar-refractivity contribution in [1.82, 2.24) is 0 Å². The van der Waals surface area contributed by atoms with Gasteiger partial charge in [0, 0.05) is 6.42 Å². The predicted octanol–water partition coefficient (Wildman–Crippen LogP) is 5.64. The Hall–Kier alpha value is -0.990. The number of hydrogen-bond donors (Lipinski definition) is 2. The molecule has 3 N–H and O–H groups in total. The Bertz CT molecular complexity index is 217. The molecule has 3 nitrogen and oxygen atoms in total. The van der Waals surface area contributed by atoms with E-state index in [9.17, 15) is 4.79 Å². The van der Waals surface area contributed by atoms with E-state index in [4.69, 9.17) is 5.11 Å². The number of nitrogens with two attached hydrogens (primary N) is 1. The van der Waals surface area contributed by atoms with Gasteiger partial charge in [-0.1, -0.05) is 90.6 Å². The van der Waals surface area contributed by atoms with Gasteiger partial charge in [0.05, 0.1) is 0 Å². The fourth-order valence-electron chi connectivity index (χ4n) is 2.29. The number of carboxylic acid groups (broad SMARTS) is 1. The van der Waals surface area contributed by atoms with Crippen LogP contribution >= 0.6 is 0 Å². The lowest BCUT2D eigenvalue weighted by atomic mass is 10.0. The summed E-state index contributed by atoms with van der Waals surface area (Å²) < 4.78 is 0. The maximum Gasteiger partial charge on any atom is 0.303 e. The molecule has 0 fully saturated rings. The SMILES string of the molecule is C=CN.CCCCCCCCCCCCCCCC(=O)O. The highest BCUT2D eigenvalue weighted by Gasteiger charge is 1.96. The average molecular weight is 299 g/mol. The van der Waals surface area contributed by atoms with Crippen LogP contribution < -0.4 is 5.73 Å². The summed E-state index contributed by atoms with van der Waals surface area (Å²) in [6, 6.07) is 0. The normalized spacial score (nSPS) is 9.76. The number of rotatable bonds is 14. The van der Waals surface area contributed by atoms with Crippen molar-refractivity contribution in [3.63, 3.8) is 0 Å². The fraction of sp³-hybridized carbons (Fsp3) is 0.833. The minimum Gasteiger partial charge on any atom is -0.481 e. The molecule has 21 heavy (non-hydrogen) atoms. The Morgan fingerprint density at radius 3 is 1.43 bits per heavy atom. The Kier molecular flexibility index (Phi) is 22.6. The zero-order valence-electron chi connectivity index (χ0n) is 14.1. The van der Waals surface area contributed by atoms with Gasteiger partial charge < -0.3 is 10.8 Å². The first-order valence-electron chi connectivity index (χ1n) is 8.73. The lowest BCUT2D eigenvalue weighted by Crippen LogP contribution is -1.93. The molecular formula is C18H37NO2. The molecule has 3 heteroatoms. The van der Waals surface area contributed by atoms with E-state index in [0.717, 1.165) is 12.8 Å². The molecule has 0 aliphatic rings. The highest BCUT2D eigenvalue weighted by molar-refractivity contribution is 5.66. The summed E-state index contributed by atoms with van der Waals surface area (Å²) in [6.07, 6.45) is 18.5. The topological polar surface area (TPSA) is 63.3 Å². The van der Waals surface area contributed by atoms with Crippen LogP contribution in [0.1, 0.15) is 96.8 Å².